The Hall–Kier alpha value is 0.832. The van der Waals surface area contributed by atoms with Gasteiger partial charge < -0.3 is 15.5 Å². The summed E-state index contributed by atoms with van der Waals surface area (Å²) in [6.07, 6.45) is -0.263. The molecule has 0 aromatic carbocycles. The summed E-state index contributed by atoms with van der Waals surface area (Å²) >= 11 is 0. The maximum Gasteiger partial charge on any atom is 0.285 e. The van der Waals surface area contributed by atoms with Crippen LogP contribution in [-0.4, -0.2) is 34.9 Å². The van der Waals surface area contributed by atoms with Crippen molar-refractivity contribution in [1.29, 1.82) is 0 Å². The minimum atomic E-state index is -0.938. The summed E-state index contributed by atoms with van der Waals surface area (Å²) in [5, 5.41) is 20.8. The molecule has 0 amide bonds. The number of nitrogens with zero attached hydrogens (tertiary/aromatic N) is 1. The molecule has 0 aliphatic carbocycles. The fourth-order valence-corrected chi connectivity index (χ4v) is 0.835. The first-order valence-electron chi connectivity index (χ1n) is 2.77. The fourth-order valence-electron chi connectivity index (χ4n) is 0.835. The molecule has 0 saturated carbocycles. The second-order valence-corrected chi connectivity index (χ2v) is 2.11. The number of carbonyl (C=O) groups is 1. The van der Waals surface area contributed by atoms with Crippen LogP contribution in [0.1, 0.15) is 6.42 Å². The Morgan fingerprint density at radius 3 is 2.40 bits per heavy atom. The van der Waals surface area contributed by atoms with E-state index in [1.54, 1.807) is 0 Å². The minimum absolute atomic E-state index is 0. The fraction of sp³-hybridized carbons (Fsp3) is 0.800. The summed E-state index contributed by atoms with van der Waals surface area (Å²) in [4.78, 5) is 10.1. The maximum atomic E-state index is 10.1. The van der Waals surface area contributed by atoms with Crippen molar-refractivity contribution in [2.45, 2.75) is 18.6 Å². The van der Waals surface area contributed by atoms with Crippen molar-refractivity contribution in [1.82, 2.24) is 0 Å². The van der Waals surface area contributed by atoms with Crippen LogP contribution in [0.3, 0.4) is 0 Å². The summed E-state index contributed by atoms with van der Waals surface area (Å²) in [5.74, 6) is -0.938. The van der Waals surface area contributed by atoms with E-state index in [1.165, 1.54) is 0 Å². The monoisotopic (exact) mass is 357 g/mol. The molecule has 5 heteroatoms. The van der Waals surface area contributed by atoms with Gasteiger partial charge in [-0.3, -0.25) is 4.79 Å². The van der Waals surface area contributed by atoms with Gasteiger partial charge in [0.1, 0.15) is 0 Å². The van der Waals surface area contributed by atoms with Gasteiger partial charge in [-0.15, -0.1) is 6.54 Å². The second-order valence-electron chi connectivity index (χ2n) is 2.11. The number of carboxylic acid groups (broad SMARTS) is 1. The van der Waals surface area contributed by atoms with Gasteiger partial charge in [0.15, 0.2) is 0 Å². The molecule has 1 rings (SSSR count). The Labute approximate surface area is 94.5 Å². The number of aliphatic hydroxyl groups is 1. The summed E-state index contributed by atoms with van der Waals surface area (Å²) in [6.45, 7) is 0.275. The number of hydrogen-bond acceptors (Lipinski definition) is 2. The summed E-state index contributed by atoms with van der Waals surface area (Å²) < 4.78 is 0. The average molecular weight is 357 g/mol. The number of rotatable bonds is 1. The van der Waals surface area contributed by atoms with Gasteiger partial charge in [-0.2, -0.15) is 0 Å². The van der Waals surface area contributed by atoms with E-state index in [-0.39, 0.29) is 57.0 Å². The van der Waals surface area contributed by atoms with Gasteiger partial charge in [0.25, 0.3) is 5.97 Å². The number of carboxylic acids is 1. The van der Waals surface area contributed by atoms with Crippen LogP contribution in [0.5, 0.6) is 0 Å². The van der Waals surface area contributed by atoms with Crippen molar-refractivity contribution in [3.8, 4) is 0 Å². The summed E-state index contributed by atoms with van der Waals surface area (Å²) in [6, 6.07) is -0.667. The van der Waals surface area contributed by atoms with E-state index < -0.39 is 18.1 Å². The van der Waals surface area contributed by atoms with Crippen LogP contribution in [0.15, 0.2) is 0 Å². The molecule has 1 saturated heterocycles. The third-order valence-electron chi connectivity index (χ3n) is 1.32. The predicted octanol–water partition coefficient (Wildman–Crippen LogP) is -0.422. The number of aliphatic carboxylic acids is 1. The molecular weight excluding hydrogens is 349 g/mol. The van der Waals surface area contributed by atoms with E-state index in [0.717, 1.165) is 0 Å². The standard InChI is InChI=1S/C5H8NO3.Ac/c7-3-1-4(5(8)9)6-2-3;/h3-4,7H,1-2H2,(H,8,9);/q-1;/t3-,4+;/m1./s1. The first-order valence-corrected chi connectivity index (χ1v) is 2.77. The molecule has 1 aliphatic heterocycles. The Morgan fingerprint density at radius 2 is 2.20 bits per heavy atom. The molecule has 0 aromatic heterocycles. The van der Waals surface area contributed by atoms with Gasteiger partial charge in [-0.1, -0.05) is 0 Å². The zero-order valence-electron chi connectivity index (χ0n) is 5.40. The summed E-state index contributed by atoms with van der Waals surface area (Å²) in [7, 11) is 0. The molecule has 1 heterocycles. The van der Waals surface area contributed by atoms with E-state index in [2.05, 4.69) is 5.32 Å². The topological polar surface area (TPSA) is 71.6 Å². The molecule has 0 bridgehead atoms. The normalized spacial score (nSPS) is 31.3. The van der Waals surface area contributed by atoms with Crippen LogP contribution in [-0.2, 0) is 4.79 Å². The first-order chi connectivity index (χ1) is 4.20. The molecule has 1 radical (unpaired) electrons. The number of aliphatic hydroxyl groups excluding tert-OH is 1. The third kappa shape index (κ3) is 2.83. The maximum absolute atomic E-state index is 10.1. The molecule has 0 unspecified atom stereocenters. The van der Waals surface area contributed by atoms with Crippen molar-refractivity contribution in [2.24, 2.45) is 0 Å². The average Bonchev–Trinajstić information content (AvgIpc) is 2.14. The van der Waals surface area contributed by atoms with Crippen molar-refractivity contribution in [3.05, 3.63) is 5.32 Å². The first kappa shape index (κ1) is 10.8. The van der Waals surface area contributed by atoms with E-state index in [4.69, 9.17) is 10.2 Å². The van der Waals surface area contributed by atoms with Crippen molar-refractivity contribution < 1.29 is 59.1 Å². The van der Waals surface area contributed by atoms with E-state index in [1.807, 2.05) is 0 Å². The Kier molecular flexibility index (Phi) is 5.04. The van der Waals surface area contributed by atoms with Gasteiger partial charge >= 0.3 is 0 Å². The Morgan fingerprint density at radius 1 is 1.60 bits per heavy atom. The van der Waals surface area contributed by atoms with Gasteiger partial charge in [-0.25, -0.2) is 0 Å². The zero-order chi connectivity index (χ0) is 6.85. The Balaban J connectivity index is 0.000000810. The largest absolute Gasteiger partial charge is 0.648 e. The van der Waals surface area contributed by atoms with Crippen LogP contribution in [0.2, 0.25) is 0 Å². The van der Waals surface area contributed by atoms with Crippen LogP contribution < -0.4 is 0 Å². The van der Waals surface area contributed by atoms with E-state index >= 15 is 0 Å². The predicted molar refractivity (Wildman–Crippen MR) is 30.3 cm³/mol. The molecule has 1 fully saturated rings. The SMILES string of the molecule is O=C(O)[C@@H]1C[C@@H](O)C[N-]1.[Ac]. The van der Waals surface area contributed by atoms with Gasteiger partial charge in [0, 0.05) is 50.2 Å². The molecule has 0 aromatic rings. The zero-order valence-corrected chi connectivity index (χ0v) is 10.1. The minimum Gasteiger partial charge on any atom is -0.648 e. The summed E-state index contributed by atoms with van der Waals surface area (Å²) in [5.41, 5.74) is 0. The van der Waals surface area contributed by atoms with E-state index in [9.17, 15) is 4.79 Å². The second kappa shape index (κ2) is 4.66. The van der Waals surface area contributed by atoms with Crippen LogP contribution in [0.4, 0.5) is 0 Å². The quantitative estimate of drug-likeness (QED) is 0.670. The van der Waals surface area contributed by atoms with Crippen molar-refractivity contribution in [2.75, 3.05) is 6.54 Å². The van der Waals surface area contributed by atoms with Crippen LogP contribution in [0.25, 0.3) is 5.32 Å². The molecule has 4 nitrogen and oxygen atoms in total. The molecule has 1 aliphatic rings. The van der Waals surface area contributed by atoms with Crippen LogP contribution >= 0.6 is 0 Å². The molecule has 2 atom stereocenters. The van der Waals surface area contributed by atoms with Crippen LogP contribution in [0, 0.1) is 44.1 Å². The number of hydrogen-bond donors (Lipinski definition) is 2. The van der Waals surface area contributed by atoms with Gasteiger partial charge in [0.05, 0.1) is 0 Å². The molecular formula is C5H8AcNO3-. The smallest absolute Gasteiger partial charge is 0.285 e. The van der Waals surface area contributed by atoms with E-state index in [0.29, 0.717) is 0 Å². The molecule has 0 spiro atoms. The molecule has 55 valence electrons. The van der Waals surface area contributed by atoms with Crippen molar-refractivity contribution in [3.63, 3.8) is 0 Å². The molecule has 10 heavy (non-hydrogen) atoms. The Bertz CT molecular complexity index is 130. The third-order valence-corrected chi connectivity index (χ3v) is 1.32. The molecule has 2 N–H and O–H groups in total. The van der Waals surface area contributed by atoms with Gasteiger partial charge in [0.2, 0.25) is 0 Å². The van der Waals surface area contributed by atoms with Crippen molar-refractivity contribution >= 4 is 5.97 Å². The van der Waals surface area contributed by atoms with Gasteiger partial charge in [-0.05, 0) is 12.5 Å².